The fourth-order valence-electron chi connectivity index (χ4n) is 1.49. The monoisotopic (exact) mass is 342 g/mol. The molecule has 22 heavy (non-hydrogen) atoms. The van der Waals surface area contributed by atoms with Crippen LogP contribution in [0.2, 0.25) is 10.0 Å². The molecule has 7 heteroatoms. The minimum atomic E-state index is -1.03. The molecule has 1 aromatic carbocycles. The number of rotatable bonds is 5. The van der Waals surface area contributed by atoms with E-state index >= 15 is 0 Å². The van der Waals surface area contributed by atoms with Crippen LogP contribution in [0.3, 0.4) is 0 Å². The summed E-state index contributed by atoms with van der Waals surface area (Å²) in [6.45, 7) is 4.71. The largest absolute Gasteiger partial charge is 0.452 e. The summed E-state index contributed by atoms with van der Waals surface area (Å²) in [4.78, 5) is 23.7. The number of carbonyl (C=O) groups excluding carboxylic acids is 2. The summed E-state index contributed by atoms with van der Waals surface area (Å²) in [5, 5.41) is 12.2. The highest BCUT2D eigenvalue weighted by Crippen LogP contribution is 2.21. The zero-order valence-electron chi connectivity index (χ0n) is 12.4. The van der Waals surface area contributed by atoms with Crippen LogP contribution in [0.15, 0.2) is 18.2 Å². The summed E-state index contributed by atoms with van der Waals surface area (Å²) in [7, 11) is 0. The van der Waals surface area contributed by atoms with Crippen LogP contribution in [0.5, 0.6) is 0 Å². The van der Waals surface area contributed by atoms with Crippen molar-refractivity contribution in [1.82, 2.24) is 5.32 Å². The van der Waals surface area contributed by atoms with E-state index in [4.69, 9.17) is 33.2 Å². The normalized spacial score (nSPS) is 13.1. The van der Waals surface area contributed by atoms with Gasteiger partial charge in [-0.05, 0) is 31.0 Å². The van der Waals surface area contributed by atoms with Gasteiger partial charge in [0.05, 0.1) is 16.7 Å². The zero-order chi connectivity index (χ0) is 16.9. The Morgan fingerprint density at radius 3 is 2.59 bits per heavy atom. The molecular formula is C15H16Cl2N2O3. The summed E-state index contributed by atoms with van der Waals surface area (Å²) < 4.78 is 4.89. The number of carbonyl (C=O) groups is 2. The van der Waals surface area contributed by atoms with Crippen molar-refractivity contribution >= 4 is 35.1 Å². The topological polar surface area (TPSA) is 79.2 Å². The first-order chi connectivity index (χ1) is 10.2. The first kappa shape index (κ1) is 18.3. The Morgan fingerprint density at radius 1 is 1.41 bits per heavy atom. The van der Waals surface area contributed by atoms with Gasteiger partial charge in [0, 0.05) is 5.02 Å². The SMILES string of the molecule is CC(C)[C@](C)(C#N)NC(=O)COC(=O)c1cc(Cl)ccc1Cl. The summed E-state index contributed by atoms with van der Waals surface area (Å²) in [5.41, 5.74) is -0.953. The van der Waals surface area contributed by atoms with E-state index < -0.39 is 24.0 Å². The second kappa shape index (κ2) is 7.48. The van der Waals surface area contributed by atoms with Crippen LogP contribution >= 0.6 is 23.2 Å². The van der Waals surface area contributed by atoms with Crippen LogP contribution in [0, 0.1) is 17.2 Å². The highest BCUT2D eigenvalue weighted by atomic mass is 35.5. The first-order valence-electron chi connectivity index (χ1n) is 6.54. The molecule has 1 amide bonds. The third-order valence-electron chi connectivity index (χ3n) is 3.27. The molecule has 0 bridgehead atoms. The Morgan fingerprint density at radius 2 is 2.05 bits per heavy atom. The number of nitrogens with zero attached hydrogens (tertiary/aromatic N) is 1. The van der Waals surface area contributed by atoms with Crippen molar-refractivity contribution < 1.29 is 14.3 Å². The van der Waals surface area contributed by atoms with Crippen molar-refractivity contribution in [3.8, 4) is 6.07 Å². The van der Waals surface area contributed by atoms with Crippen LogP contribution in [-0.4, -0.2) is 24.0 Å². The third kappa shape index (κ3) is 4.62. The first-order valence-corrected chi connectivity index (χ1v) is 7.29. The fraction of sp³-hybridized carbons (Fsp3) is 0.400. The Balaban J connectivity index is 2.67. The highest BCUT2D eigenvalue weighted by Gasteiger charge is 2.30. The zero-order valence-corrected chi connectivity index (χ0v) is 14.0. The van der Waals surface area contributed by atoms with Gasteiger partial charge in [-0.15, -0.1) is 0 Å². The minimum Gasteiger partial charge on any atom is -0.452 e. The summed E-state index contributed by atoms with van der Waals surface area (Å²) >= 11 is 11.7. The molecule has 0 aliphatic rings. The van der Waals surface area contributed by atoms with E-state index in [9.17, 15) is 9.59 Å². The summed E-state index contributed by atoms with van der Waals surface area (Å²) in [6, 6.07) is 6.39. The molecule has 0 aliphatic heterocycles. The van der Waals surface area contributed by atoms with Crippen LogP contribution in [0.1, 0.15) is 31.1 Å². The number of halogens is 2. The Bertz CT molecular complexity index is 626. The molecule has 0 aromatic heterocycles. The van der Waals surface area contributed by atoms with Gasteiger partial charge in [-0.25, -0.2) is 4.79 Å². The van der Waals surface area contributed by atoms with E-state index in [1.807, 2.05) is 6.07 Å². The Hall–Kier alpha value is -1.77. The molecule has 5 nitrogen and oxygen atoms in total. The second-order valence-corrected chi connectivity index (χ2v) is 6.06. The quantitative estimate of drug-likeness (QED) is 0.833. The molecule has 0 fully saturated rings. The molecule has 0 radical (unpaired) electrons. The average molecular weight is 343 g/mol. The van der Waals surface area contributed by atoms with Crippen molar-refractivity contribution in [2.24, 2.45) is 5.92 Å². The lowest BCUT2D eigenvalue weighted by molar-refractivity contribution is -0.125. The van der Waals surface area contributed by atoms with Gasteiger partial charge in [0.1, 0.15) is 5.54 Å². The smallest absolute Gasteiger partial charge is 0.340 e. The predicted octanol–water partition coefficient (Wildman–Crippen LogP) is 3.20. The maximum atomic E-state index is 11.9. The lowest BCUT2D eigenvalue weighted by atomic mass is 9.90. The molecule has 1 rings (SSSR count). The molecule has 1 aromatic rings. The van der Waals surface area contributed by atoms with E-state index in [1.54, 1.807) is 20.8 Å². The maximum Gasteiger partial charge on any atom is 0.340 e. The van der Waals surface area contributed by atoms with Crippen molar-refractivity contribution in [3.05, 3.63) is 33.8 Å². The van der Waals surface area contributed by atoms with Crippen molar-refractivity contribution in [1.29, 1.82) is 5.26 Å². The maximum absolute atomic E-state index is 11.9. The number of amides is 1. The van der Waals surface area contributed by atoms with Crippen LogP contribution < -0.4 is 5.32 Å². The highest BCUT2D eigenvalue weighted by molar-refractivity contribution is 6.35. The van der Waals surface area contributed by atoms with Gasteiger partial charge in [0.25, 0.3) is 5.91 Å². The predicted molar refractivity (Wildman–Crippen MR) is 83.7 cm³/mol. The molecule has 1 N–H and O–H groups in total. The van der Waals surface area contributed by atoms with E-state index in [0.29, 0.717) is 5.02 Å². The number of hydrogen-bond donors (Lipinski definition) is 1. The second-order valence-electron chi connectivity index (χ2n) is 5.22. The number of nitrogens with one attached hydrogen (secondary N) is 1. The van der Waals surface area contributed by atoms with Gasteiger partial charge in [0.2, 0.25) is 0 Å². The lowest BCUT2D eigenvalue weighted by Gasteiger charge is -2.27. The minimum absolute atomic E-state index is 0.0777. The summed E-state index contributed by atoms with van der Waals surface area (Å²) in [5.74, 6) is -1.42. The molecular weight excluding hydrogens is 327 g/mol. The van der Waals surface area contributed by atoms with E-state index in [-0.39, 0.29) is 16.5 Å². The Labute approximate surface area is 139 Å². The number of hydrogen-bond acceptors (Lipinski definition) is 4. The molecule has 0 aliphatic carbocycles. The number of nitriles is 1. The van der Waals surface area contributed by atoms with Crippen molar-refractivity contribution in [2.75, 3.05) is 6.61 Å². The van der Waals surface area contributed by atoms with E-state index in [1.165, 1.54) is 18.2 Å². The van der Waals surface area contributed by atoms with E-state index in [0.717, 1.165) is 0 Å². The molecule has 118 valence electrons. The van der Waals surface area contributed by atoms with Gasteiger partial charge in [0.15, 0.2) is 6.61 Å². The van der Waals surface area contributed by atoms with E-state index in [2.05, 4.69) is 5.32 Å². The standard InChI is InChI=1S/C15H16Cl2N2O3/c1-9(2)15(3,8-18)19-13(20)7-22-14(21)11-6-10(16)4-5-12(11)17/h4-6,9H,7H2,1-3H3,(H,19,20)/t15-/m0/s1. The van der Waals surface area contributed by atoms with Crippen LogP contribution in [0.4, 0.5) is 0 Å². The molecule has 0 unspecified atom stereocenters. The lowest BCUT2D eigenvalue weighted by Crippen LogP contribution is -2.50. The fourth-order valence-corrected chi connectivity index (χ4v) is 1.86. The molecule has 1 atom stereocenters. The number of ether oxygens (including phenoxy) is 1. The Kier molecular flexibility index (Phi) is 6.21. The third-order valence-corrected chi connectivity index (χ3v) is 3.83. The van der Waals surface area contributed by atoms with Gasteiger partial charge < -0.3 is 10.1 Å². The van der Waals surface area contributed by atoms with Crippen molar-refractivity contribution in [3.63, 3.8) is 0 Å². The van der Waals surface area contributed by atoms with Gasteiger partial charge in [-0.1, -0.05) is 37.0 Å². The van der Waals surface area contributed by atoms with Gasteiger partial charge in [-0.3, -0.25) is 4.79 Å². The average Bonchev–Trinajstić information content (AvgIpc) is 2.46. The van der Waals surface area contributed by atoms with Crippen LogP contribution in [-0.2, 0) is 9.53 Å². The van der Waals surface area contributed by atoms with Crippen molar-refractivity contribution in [2.45, 2.75) is 26.3 Å². The number of benzene rings is 1. The van der Waals surface area contributed by atoms with Crippen LogP contribution in [0.25, 0.3) is 0 Å². The molecule has 0 saturated heterocycles. The molecule has 0 saturated carbocycles. The number of esters is 1. The molecule has 0 spiro atoms. The van der Waals surface area contributed by atoms with Gasteiger partial charge >= 0.3 is 5.97 Å². The van der Waals surface area contributed by atoms with Gasteiger partial charge in [-0.2, -0.15) is 5.26 Å². The summed E-state index contributed by atoms with van der Waals surface area (Å²) in [6.07, 6.45) is 0. The molecule has 0 heterocycles.